The average molecular weight is 323 g/mol. The van der Waals surface area contributed by atoms with E-state index in [1.807, 2.05) is 0 Å². The lowest BCUT2D eigenvalue weighted by molar-refractivity contribution is 0.0923. The number of nitrogens with zero attached hydrogens (tertiary/aromatic N) is 2. The predicted octanol–water partition coefficient (Wildman–Crippen LogP) is 1.43. The normalized spacial score (nSPS) is 10.1. The number of carbonyl (C=O) groups is 2. The molecule has 0 bridgehead atoms. The fourth-order valence-electron chi connectivity index (χ4n) is 1.66. The van der Waals surface area contributed by atoms with E-state index in [1.165, 1.54) is 30.7 Å². The highest BCUT2D eigenvalue weighted by atomic mass is 35.5. The Morgan fingerprint density at radius 3 is 2.50 bits per heavy atom. The number of rotatable bonds is 5. The predicted molar refractivity (Wildman–Crippen MR) is 78.1 cm³/mol. The van der Waals surface area contributed by atoms with Gasteiger partial charge >= 0.3 is 0 Å². The van der Waals surface area contributed by atoms with Crippen LogP contribution < -0.4 is 10.6 Å². The van der Waals surface area contributed by atoms with Gasteiger partial charge in [0.15, 0.2) is 0 Å². The fraction of sp³-hybridized carbons (Fsp3) is 0.143. The molecule has 0 aliphatic rings. The van der Waals surface area contributed by atoms with E-state index < -0.39 is 17.6 Å². The quantitative estimate of drug-likeness (QED) is 0.816. The fourth-order valence-corrected chi connectivity index (χ4v) is 1.91. The van der Waals surface area contributed by atoms with Crippen LogP contribution in [0.15, 0.2) is 36.8 Å². The van der Waals surface area contributed by atoms with Crippen molar-refractivity contribution in [3.05, 3.63) is 58.9 Å². The van der Waals surface area contributed by atoms with Gasteiger partial charge in [-0.2, -0.15) is 0 Å². The molecule has 114 valence electrons. The molecular weight excluding hydrogens is 311 g/mol. The van der Waals surface area contributed by atoms with Gasteiger partial charge in [0.05, 0.1) is 16.8 Å². The average Bonchev–Trinajstić information content (AvgIpc) is 2.52. The number of hydrogen-bond donors (Lipinski definition) is 2. The first-order chi connectivity index (χ1) is 10.6. The molecule has 8 heteroatoms. The molecule has 0 aliphatic carbocycles. The summed E-state index contributed by atoms with van der Waals surface area (Å²) in [5, 5.41) is 5.05. The third kappa shape index (κ3) is 3.98. The number of nitrogens with one attached hydrogen (secondary N) is 2. The van der Waals surface area contributed by atoms with Crippen LogP contribution in [0.2, 0.25) is 5.02 Å². The Balaban J connectivity index is 1.82. The van der Waals surface area contributed by atoms with Gasteiger partial charge in [-0.05, 0) is 12.1 Å². The first-order valence-corrected chi connectivity index (χ1v) is 6.74. The molecule has 0 radical (unpaired) electrons. The van der Waals surface area contributed by atoms with Crippen molar-refractivity contribution in [2.75, 3.05) is 13.1 Å². The number of halogens is 2. The van der Waals surface area contributed by atoms with Crippen LogP contribution >= 0.6 is 11.6 Å². The molecule has 2 N–H and O–H groups in total. The number of amides is 2. The van der Waals surface area contributed by atoms with Gasteiger partial charge < -0.3 is 10.6 Å². The van der Waals surface area contributed by atoms with Gasteiger partial charge in [-0.15, -0.1) is 0 Å². The van der Waals surface area contributed by atoms with Gasteiger partial charge in [-0.1, -0.05) is 17.7 Å². The number of aromatic nitrogens is 2. The van der Waals surface area contributed by atoms with E-state index in [1.54, 1.807) is 0 Å². The van der Waals surface area contributed by atoms with Crippen LogP contribution in [0.1, 0.15) is 20.8 Å². The lowest BCUT2D eigenvalue weighted by Gasteiger charge is -2.08. The van der Waals surface area contributed by atoms with Gasteiger partial charge in [0.1, 0.15) is 11.5 Å². The molecule has 0 fully saturated rings. The molecule has 1 aromatic carbocycles. The summed E-state index contributed by atoms with van der Waals surface area (Å²) in [5.74, 6) is -1.75. The molecule has 2 amide bonds. The summed E-state index contributed by atoms with van der Waals surface area (Å²) in [7, 11) is 0. The zero-order chi connectivity index (χ0) is 15.9. The van der Waals surface area contributed by atoms with Gasteiger partial charge in [0.25, 0.3) is 11.8 Å². The summed E-state index contributed by atoms with van der Waals surface area (Å²) in [6.07, 6.45) is 4.18. The molecule has 1 aromatic heterocycles. The highest BCUT2D eigenvalue weighted by molar-refractivity contribution is 6.33. The second kappa shape index (κ2) is 7.46. The lowest BCUT2D eigenvalue weighted by Crippen LogP contribution is -2.35. The number of benzene rings is 1. The van der Waals surface area contributed by atoms with Crippen molar-refractivity contribution in [2.24, 2.45) is 0 Å². The van der Waals surface area contributed by atoms with Crippen molar-refractivity contribution >= 4 is 23.4 Å². The van der Waals surface area contributed by atoms with Crippen LogP contribution in [-0.4, -0.2) is 34.9 Å². The standard InChI is InChI=1S/C14H12ClFN4O2/c15-9-2-1-3-10(16)12(9)14(22)20-7-6-19-13(21)11-8-17-4-5-18-11/h1-5,8H,6-7H2,(H,19,21)(H,20,22). The van der Waals surface area contributed by atoms with Gasteiger partial charge in [-0.25, -0.2) is 9.37 Å². The van der Waals surface area contributed by atoms with E-state index >= 15 is 0 Å². The highest BCUT2D eigenvalue weighted by Crippen LogP contribution is 2.18. The molecule has 0 atom stereocenters. The van der Waals surface area contributed by atoms with Crippen LogP contribution in [0.4, 0.5) is 4.39 Å². The Kier molecular flexibility index (Phi) is 5.37. The van der Waals surface area contributed by atoms with Gasteiger partial charge in [0.2, 0.25) is 0 Å². The van der Waals surface area contributed by atoms with Crippen molar-refractivity contribution in [3.63, 3.8) is 0 Å². The highest BCUT2D eigenvalue weighted by Gasteiger charge is 2.15. The summed E-state index contributed by atoms with van der Waals surface area (Å²) < 4.78 is 13.5. The minimum absolute atomic E-state index is 0.0288. The monoisotopic (exact) mass is 322 g/mol. The molecule has 0 saturated heterocycles. The Morgan fingerprint density at radius 2 is 1.86 bits per heavy atom. The Hall–Kier alpha value is -2.54. The molecule has 0 unspecified atom stereocenters. The molecule has 2 rings (SSSR count). The zero-order valence-corrected chi connectivity index (χ0v) is 12.1. The van der Waals surface area contributed by atoms with Crippen molar-refractivity contribution in [2.45, 2.75) is 0 Å². The summed E-state index contributed by atoms with van der Waals surface area (Å²) in [6, 6.07) is 3.99. The third-order valence-corrected chi connectivity index (χ3v) is 3.00. The van der Waals surface area contributed by atoms with Crippen molar-refractivity contribution in [1.29, 1.82) is 0 Å². The topological polar surface area (TPSA) is 84.0 Å². The summed E-state index contributed by atoms with van der Waals surface area (Å²) >= 11 is 5.78. The molecule has 6 nitrogen and oxygen atoms in total. The first-order valence-electron chi connectivity index (χ1n) is 6.36. The van der Waals surface area contributed by atoms with Crippen LogP contribution in [0, 0.1) is 5.82 Å². The SMILES string of the molecule is O=C(NCCNC(=O)c1c(F)cccc1Cl)c1cnccn1. The maximum absolute atomic E-state index is 13.5. The van der Waals surface area contributed by atoms with E-state index in [4.69, 9.17) is 11.6 Å². The molecule has 2 aromatic rings. The van der Waals surface area contributed by atoms with E-state index in [-0.39, 0.29) is 29.4 Å². The summed E-state index contributed by atoms with van der Waals surface area (Å²) in [5.41, 5.74) is -0.0459. The first kappa shape index (κ1) is 15.8. The molecule has 1 heterocycles. The van der Waals surface area contributed by atoms with E-state index in [2.05, 4.69) is 20.6 Å². The molecule has 0 spiro atoms. The minimum Gasteiger partial charge on any atom is -0.350 e. The summed E-state index contributed by atoms with van der Waals surface area (Å²) in [6.45, 7) is 0.280. The van der Waals surface area contributed by atoms with E-state index in [0.717, 1.165) is 6.07 Å². The second-order valence-electron chi connectivity index (χ2n) is 4.20. The third-order valence-electron chi connectivity index (χ3n) is 2.68. The zero-order valence-electron chi connectivity index (χ0n) is 11.3. The van der Waals surface area contributed by atoms with Crippen molar-refractivity contribution < 1.29 is 14.0 Å². The number of hydrogen-bond acceptors (Lipinski definition) is 4. The largest absolute Gasteiger partial charge is 0.350 e. The number of carbonyl (C=O) groups excluding carboxylic acids is 2. The van der Waals surface area contributed by atoms with Crippen LogP contribution in [0.3, 0.4) is 0 Å². The Morgan fingerprint density at radius 1 is 1.14 bits per heavy atom. The smallest absolute Gasteiger partial charge is 0.271 e. The van der Waals surface area contributed by atoms with Crippen molar-refractivity contribution in [1.82, 2.24) is 20.6 Å². The van der Waals surface area contributed by atoms with Gasteiger partial charge in [0, 0.05) is 25.5 Å². The molecule has 0 aliphatic heterocycles. The van der Waals surface area contributed by atoms with Crippen LogP contribution in [0.25, 0.3) is 0 Å². The van der Waals surface area contributed by atoms with E-state index in [9.17, 15) is 14.0 Å². The van der Waals surface area contributed by atoms with E-state index in [0.29, 0.717) is 0 Å². The molecule has 22 heavy (non-hydrogen) atoms. The molecule has 0 saturated carbocycles. The Labute approximate surface area is 130 Å². The summed E-state index contributed by atoms with van der Waals surface area (Å²) in [4.78, 5) is 31.1. The minimum atomic E-state index is -0.700. The Bertz CT molecular complexity index is 662. The maximum Gasteiger partial charge on any atom is 0.271 e. The van der Waals surface area contributed by atoms with Crippen LogP contribution in [0.5, 0.6) is 0 Å². The van der Waals surface area contributed by atoms with Crippen LogP contribution in [-0.2, 0) is 0 Å². The maximum atomic E-state index is 13.5. The molecular formula is C14H12ClFN4O2. The second-order valence-corrected chi connectivity index (χ2v) is 4.61. The lowest BCUT2D eigenvalue weighted by atomic mass is 10.2. The van der Waals surface area contributed by atoms with Crippen molar-refractivity contribution in [3.8, 4) is 0 Å². The van der Waals surface area contributed by atoms with Gasteiger partial charge in [-0.3, -0.25) is 14.6 Å².